The van der Waals surface area contributed by atoms with E-state index in [1.807, 2.05) is 13.8 Å². The minimum absolute atomic E-state index is 0.245. The van der Waals surface area contributed by atoms with Gasteiger partial charge in [0.25, 0.3) is 0 Å². The minimum atomic E-state index is -0.326. The van der Waals surface area contributed by atoms with Crippen LogP contribution in [0, 0.1) is 11.8 Å². The van der Waals surface area contributed by atoms with E-state index in [0.29, 0.717) is 5.92 Å². The molecule has 0 aromatic carbocycles. The minimum Gasteiger partial charge on any atom is -0.390 e. The maximum atomic E-state index is 10.0. The first kappa shape index (κ1) is 9.22. The van der Waals surface area contributed by atoms with Crippen LogP contribution in [-0.2, 0) is 4.74 Å². The fourth-order valence-electron chi connectivity index (χ4n) is 2.65. The Balaban J connectivity index is 2.17. The zero-order valence-electron chi connectivity index (χ0n) is 8.58. The lowest BCUT2D eigenvalue weighted by atomic mass is 9.71. The van der Waals surface area contributed by atoms with Crippen molar-refractivity contribution in [2.45, 2.75) is 45.0 Å². The molecule has 0 amide bonds. The zero-order valence-corrected chi connectivity index (χ0v) is 8.58. The molecule has 0 aromatic heterocycles. The van der Waals surface area contributed by atoms with E-state index in [4.69, 9.17) is 4.74 Å². The van der Waals surface area contributed by atoms with Gasteiger partial charge in [0.05, 0.1) is 12.2 Å². The van der Waals surface area contributed by atoms with Gasteiger partial charge in [0.2, 0.25) is 0 Å². The maximum absolute atomic E-state index is 10.0. The molecule has 1 heterocycles. The molecule has 2 fully saturated rings. The second kappa shape index (κ2) is 2.58. The first-order chi connectivity index (χ1) is 5.97. The van der Waals surface area contributed by atoms with Crippen LogP contribution in [0.1, 0.15) is 27.2 Å². The van der Waals surface area contributed by atoms with Gasteiger partial charge < -0.3 is 9.84 Å². The van der Waals surface area contributed by atoms with Gasteiger partial charge in [-0.05, 0) is 32.1 Å². The summed E-state index contributed by atoms with van der Waals surface area (Å²) in [6.45, 7) is 10.1. The number of epoxide rings is 1. The summed E-state index contributed by atoms with van der Waals surface area (Å²) < 4.78 is 5.54. The number of hydrogen-bond donors (Lipinski definition) is 1. The van der Waals surface area contributed by atoms with Crippen LogP contribution in [-0.4, -0.2) is 22.9 Å². The van der Waals surface area contributed by atoms with Crippen LogP contribution >= 0.6 is 0 Å². The van der Waals surface area contributed by atoms with Gasteiger partial charge in [0, 0.05) is 0 Å². The van der Waals surface area contributed by atoms with Gasteiger partial charge in [-0.2, -0.15) is 0 Å². The topological polar surface area (TPSA) is 32.8 Å². The summed E-state index contributed by atoms with van der Waals surface area (Å²) in [5, 5.41) is 10.0. The molecule has 0 spiro atoms. The number of allylic oxidation sites excluding steroid dienone is 1. The van der Waals surface area contributed by atoms with Crippen molar-refractivity contribution in [2.24, 2.45) is 11.8 Å². The lowest BCUT2D eigenvalue weighted by molar-refractivity contribution is 0.0188. The zero-order chi connectivity index (χ0) is 9.80. The van der Waals surface area contributed by atoms with Crippen LogP contribution in [0.3, 0.4) is 0 Å². The summed E-state index contributed by atoms with van der Waals surface area (Å²) in [5.74, 6) is 0.705. The van der Waals surface area contributed by atoms with E-state index < -0.39 is 0 Å². The highest BCUT2D eigenvalue weighted by Crippen LogP contribution is 2.52. The standard InChI is InChI=1S/C11H18O2/c1-6(2)8-5-9-11(4,13-9)10(12)7(8)3/h7-10,12H,1,5H2,2-4H3/t7-,8-,9-,10+,11-/m0/s1. The molecule has 2 heteroatoms. The molecule has 1 aliphatic heterocycles. The lowest BCUT2D eigenvalue weighted by Crippen LogP contribution is -2.43. The van der Waals surface area contributed by atoms with Gasteiger partial charge in [0.1, 0.15) is 5.60 Å². The normalized spacial score (nSPS) is 54.2. The molecule has 1 saturated heterocycles. The molecule has 1 saturated carbocycles. The third-order valence-corrected chi connectivity index (χ3v) is 3.80. The Labute approximate surface area is 79.6 Å². The maximum Gasteiger partial charge on any atom is 0.118 e. The van der Waals surface area contributed by atoms with Crippen molar-refractivity contribution < 1.29 is 9.84 Å². The summed E-state index contributed by atoms with van der Waals surface area (Å²) in [4.78, 5) is 0. The van der Waals surface area contributed by atoms with Gasteiger partial charge in [0.15, 0.2) is 0 Å². The largest absolute Gasteiger partial charge is 0.390 e. The summed E-state index contributed by atoms with van der Waals surface area (Å²) in [5.41, 5.74) is 0.926. The Morgan fingerprint density at radius 1 is 1.62 bits per heavy atom. The van der Waals surface area contributed by atoms with Gasteiger partial charge in [-0.15, -0.1) is 0 Å². The molecule has 13 heavy (non-hydrogen) atoms. The molecule has 74 valence electrons. The van der Waals surface area contributed by atoms with Gasteiger partial charge in [-0.1, -0.05) is 19.1 Å². The molecule has 2 nitrogen and oxygen atoms in total. The molecular formula is C11H18O2. The Morgan fingerprint density at radius 2 is 2.23 bits per heavy atom. The quantitative estimate of drug-likeness (QED) is 0.495. The highest BCUT2D eigenvalue weighted by Gasteiger charge is 2.63. The van der Waals surface area contributed by atoms with E-state index in [1.54, 1.807) is 0 Å². The van der Waals surface area contributed by atoms with Gasteiger partial charge in [-0.25, -0.2) is 0 Å². The smallest absolute Gasteiger partial charge is 0.118 e. The average Bonchev–Trinajstić information content (AvgIpc) is 2.70. The molecule has 2 aliphatic rings. The highest BCUT2D eigenvalue weighted by atomic mass is 16.6. The van der Waals surface area contributed by atoms with Crippen molar-refractivity contribution in [1.82, 2.24) is 0 Å². The van der Waals surface area contributed by atoms with Crippen molar-refractivity contribution in [1.29, 1.82) is 0 Å². The average molecular weight is 182 g/mol. The predicted octanol–water partition coefficient (Wildman–Crippen LogP) is 1.74. The molecule has 1 aliphatic carbocycles. The summed E-state index contributed by atoms with van der Waals surface area (Å²) >= 11 is 0. The molecular weight excluding hydrogens is 164 g/mol. The van der Waals surface area contributed by atoms with Crippen LogP contribution in [0.5, 0.6) is 0 Å². The van der Waals surface area contributed by atoms with Crippen molar-refractivity contribution in [3.63, 3.8) is 0 Å². The van der Waals surface area contributed by atoms with Crippen LogP contribution < -0.4 is 0 Å². The number of fused-ring (bicyclic) bond motifs is 1. The Bertz CT molecular complexity index is 248. The lowest BCUT2D eigenvalue weighted by Gasteiger charge is -2.34. The summed E-state index contributed by atoms with van der Waals surface area (Å²) in [7, 11) is 0. The molecule has 0 unspecified atom stereocenters. The molecule has 0 aromatic rings. The predicted molar refractivity (Wildman–Crippen MR) is 51.4 cm³/mol. The number of aliphatic hydroxyl groups is 1. The first-order valence-corrected chi connectivity index (χ1v) is 4.98. The van der Waals surface area contributed by atoms with Crippen molar-refractivity contribution in [3.8, 4) is 0 Å². The van der Waals surface area contributed by atoms with Crippen molar-refractivity contribution in [3.05, 3.63) is 12.2 Å². The number of rotatable bonds is 1. The van der Waals surface area contributed by atoms with Gasteiger partial charge >= 0.3 is 0 Å². The third kappa shape index (κ3) is 1.16. The van der Waals surface area contributed by atoms with E-state index in [1.165, 1.54) is 5.57 Å². The van der Waals surface area contributed by atoms with Crippen LogP contribution in [0.25, 0.3) is 0 Å². The first-order valence-electron chi connectivity index (χ1n) is 4.98. The fraction of sp³-hybridized carbons (Fsp3) is 0.818. The van der Waals surface area contributed by atoms with Crippen LogP contribution in [0.15, 0.2) is 12.2 Å². The number of ether oxygens (including phenoxy) is 1. The fourth-order valence-corrected chi connectivity index (χ4v) is 2.65. The molecule has 0 radical (unpaired) electrons. The monoisotopic (exact) mass is 182 g/mol. The second-order valence-corrected chi connectivity index (χ2v) is 4.78. The van der Waals surface area contributed by atoms with Gasteiger partial charge in [-0.3, -0.25) is 0 Å². The van der Waals surface area contributed by atoms with E-state index in [-0.39, 0.29) is 23.7 Å². The summed E-state index contributed by atoms with van der Waals surface area (Å²) in [6, 6.07) is 0. The molecule has 1 N–H and O–H groups in total. The van der Waals surface area contributed by atoms with E-state index in [2.05, 4.69) is 13.5 Å². The summed E-state index contributed by atoms with van der Waals surface area (Å²) in [6.07, 6.45) is 0.970. The Kier molecular flexibility index (Phi) is 1.83. The van der Waals surface area contributed by atoms with Crippen molar-refractivity contribution in [2.75, 3.05) is 0 Å². The Hall–Kier alpha value is -0.340. The van der Waals surface area contributed by atoms with Crippen LogP contribution in [0.4, 0.5) is 0 Å². The second-order valence-electron chi connectivity index (χ2n) is 4.78. The number of hydrogen-bond acceptors (Lipinski definition) is 2. The Morgan fingerprint density at radius 3 is 2.77 bits per heavy atom. The SMILES string of the molecule is C=C(C)[C@@H]1C[C@@H]2O[C@]2(C)[C@H](O)[C@H]1C. The molecule has 5 atom stereocenters. The molecule has 0 bridgehead atoms. The van der Waals surface area contributed by atoms with E-state index in [0.717, 1.165) is 6.42 Å². The van der Waals surface area contributed by atoms with E-state index >= 15 is 0 Å². The van der Waals surface area contributed by atoms with Crippen LogP contribution in [0.2, 0.25) is 0 Å². The molecule has 2 rings (SSSR count). The highest BCUT2D eigenvalue weighted by molar-refractivity contribution is 5.16. The number of aliphatic hydroxyl groups excluding tert-OH is 1. The van der Waals surface area contributed by atoms with E-state index in [9.17, 15) is 5.11 Å². The van der Waals surface area contributed by atoms with Crippen molar-refractivity contribution >= 4 is 0 Å². The third-order valence-electron chi connectivity index (χ3n) is 3.80.